The first kappa shape index (κ1) is 20.0. The molecule has 0 N–H and O–H groups in total. The number of benzene rings is 1. The third-order valence-corrected chi connectivity index (χ3v) is 4.11. The van der Waals surface area contributed by atoms with Crippen LogP contribution in [0.4, 0.5) is 5.69 Å². The summed E-state index contributed by atoms with van der Waals surface area (Å²) < 4.78 is 10.1. The number of ketones is 2. The number of nitro benzene ring substituents is 1. The van der Waals surface area contributed by atoms with Crippen molar-refractivity contribution in [2.45, 2.75) is 26.2 Å². The van der Waals surface area contributed by atoms with Crippen LogP contribution in [0.3, 0.4) is 0 Å². The van der Waals surface area contributed by atoms with Gasteiger partial charge in [0.25, 0.3) is 5.69 Å². The molecule has 2 unspecified atom stereocenters. The number of hydrogen-bond donors (Lipinski definition) is 0. The zero-order chi connectivity index (χ0) is 20.0. The molecule has 0 aliphatic heterocycles. The van der Waals surface area contributed by atoms with E-state index in [9.17, 15) is 24.5 Å². The Hall–Kier alpha value is -3.29. The zero-order valence-corrected chi connectivity index (χ0v) is 14.9. The van der Waals surface area contributed by atoms with E-state index in [0.29, 0.717) is 5.56 Å². The van der Waals surface area contributed by atoms with Gasteiger partial charge in [0.2, 0.25) is 0 Å². The number of furan rings is 1. The fourth-order valence-electron chi connectivity index (χ4n) is 2.85. The van der Waals surface area contributed by atoms with Crippen molar-refractivity contribution in [3.05, 3.63) is 64.1 Å². The molecule has 0 saturated carbocycles. The largest absolute Gasteiger partial charge is 0.465 e. The molecular formula is C19H19NO7. The van der Waals surface area contributed by atoms with Crippen molar-refractivity contribution in [2.75, 3.05) is 6.61 Å². The molecule has 2 aromatic rings. The quantitative estimate of drug-likeness (QED) is 0.218. The lowest BCUT2D eigenvalue weighted by Gasteiger charge is -2.23. The first-order valence-corrected chi connectivity index (χ1v) is 8.33. The zero-order valence-electron chi connectivity index (χ0n) is 14.9. The summed E-state index contributed by atoms with van der Waals surface area (Å²) in [6.07, 6.45) is 1.16. The van der Waals surface area contributed by atoms with Gasteiger partial charge in [-0.2, -0.15) is 0 Å². The molecular weight excluding hydrogens is 354 g/mol. The Labute approximate surface area is 155 Å². The average Bonchev–Trinajstić information content (AvgIpc) is 3.16. The van der Waals surface area contributed by atoms with Gasteiger partial charge in [-0.05, 0) is 31.5 Å². The van der Waals surface area contributed by atoms with Crippen LogP contribution in [0.1, 0.15) is 42.3 Å². The van der Waals surface area contributed by atoms with Gasteiger partial charge in [-0.25, -0.2) is 0 Å². The molecule has 0 radical (unpaired) electrons. The third kappa shape index (κ3) is 4.87. The van der Waals surface area contributed by atoms with E-state index in [4.69, 9.17) is 9.15 Å². The van der Waals surface area contributed by atoms with Gasteiger partial charge < -0.3 is 9.15 Å². The van der Waals surface area contributed by atoms with E-state index in [1.165, 1.54) is 43.5 Å². The van der Waals surface area contributed by atoms with E-state index in [1.54, 1.807) is 13.0 Å². The lowest BCUT2D eigenvalue weighted by atomic mass is 9.80. The van der Waals surface area contributed by atoms with Crippen LogP contribution in [0.25, 0.3) is 0 Å². The van der Waals surface area contributed by atoms with Crippen molar-refractivity contribution in [3.63, 3.8) is 0 Å². The number of esters is 1. The molecule has 0 aliphatic rings. The van der Waals surface area contributed by atoms with Gasteiger partial charge in [-0.3, -0.25) is 24.5 Å². The van der Waals surface area contributed by atoms with E-state index in [-0.39, 0.29) is 30.3 Å². The summed E-state index contributed by atoms with van der Waals surface area (Å²) in [7, 11) is 0. The highest BCUT2D eigenvalue weighted by Gasteiger charge is 2.36. The Bertz CT molecular complexity index is 824. The minimum absolute atomic E-state index is 0.0850. The molecule has 0 amide bonds. The van der Waals surface area contributed by atoms with Crippen molar-refractivity contribution in [1.82, 2.24) is 0 Å². The molecule has 1 heterocycles. The topological polar surface area (TPSA) is 117 Å². The van der Waals surface area contributed by atoms with Gasteiger partial charge in [0, 0.05) is 24.5 Å². The number of nitrogens with zero attached hydrogens (tertiary/aromatic N) is 1. The maximum absolute atomic E-state index is 12.5. The van der Waals surface area contributed by atoms with Crippen LogP contribution in [0.15, 0.2) is 47.1 Å². The lowest BCUT2D eigenvalue weighted by molar-refractivity contribution is -0.384. The van der Waals surface area contributed by atoms with E-state index >= 15 is 0 Å². The Morgan fingerprint density at radius 2 is 1.85 bits per heavy atom. The number of ether oxygens (including phenoxy) is 1. The van der Waals surface area contributed by atoms with E-state index < -0.39 is 28.5 Å². The second-order valence-corrected chi connectivity index (χ2v) is 5.90. The molecule has 8 heteroatoms. The summed E-state index contributed by atoms with van der Waals surface area (Å²) in [6.45, 7) is 2.95. The second kappa shape index (κ2) is 8.88. The van der Waals surface area contributed by atoms with Crippen molar-refractivity contribution in [2.24, 2.45) is 5.92 Å². The summed E-state index contributed by atoms with van der Waals surface area (Å²) in [5, 5.41) is 10.9. The molecule has 27 heavy (non-hydrogen) atoms. The third-order valence-electron chi connectivity index (χ3n) is 4.11. The van der Waals surface area contributed by atoms with Crippen molar-refractivity contribution in [1.29, 1.82) is 0 Å². The maximum Gasteiger partial charge on any atom is 0.317 e. The van der Waals surface area contributed by atoms with E-state index in [2.05, 4.69) is 0 Å². The highest BCUT2D eigenvalue weighted by atomic mass is 16.6. The first-order valence-electron chi connectivity index (χ1n) is 8.33. The predicted molar refractivity (Wildman–Crippen MR) is 94.3 cm³/mol. The number of Topliss-reactive ketones (excluding diaryl/α,β-unsaturated/α-hetero) is 2. The first-order chi connectivity index (χ1) is 12.8. The molecule has 0 aliphatic carbocycles. The Morgan fingerprint density at radius 1 is 1.19 bits per heavy atom. The summed E-state index contributed by atoms with van der Waals surface area (Å²) >= 11 is 0. The normalized spacial score (nSPS) is 12.8. The van der Waals surface area contributed by atoms with Crippen LogP contribution in [-0.4, -0.2) is 29.1 Å². The SMILES string of the molecule is CCOC(=O)C(C(C)=O)C(CC(=O)c1ccco1)c1ccc([N+](=O)[O-])cc1. The number of non-ortho nitro benzene ring substituents is 1. The van der Waals surface area contributed by atoms with Gasteiger partial charge >= 0.3 is 5.97 Å². The van der Waals surface area contributed by atoms with Crippen LogP contribution in [-0.2, 0) is 14.3 Å². The van der Waals surface area contributed by atoms with E-state index in [1.807, 2.05) is 0 Å². The molecule has 0 fully saturated rings. The molecule has 142 valence electrons. The minimum Gasteiger partial charge on any atom is -0.465 e. The van der Waals surface area contributed by atoms with Gasteiger partial charge in [0.15, 0.2) is 11.5 Å². The summed E-state index contributed by atoms with van der Waals surface area (Å²) in [5.74, 6) is -3.51. The number of carbonyl (C=O) groups is 3. The fourth-order valence-corrected chi connectivity index (χ4v) is 2.85. The highest BCUT2D eigenvalue weighted by molar-refractivity contribution is 6.01. The Morgan fingerprint density at radius 3 is 2.33 bits per heavy atom. The summed E-state index contributed by atoms with van der Waals surface area (Å²) in [4.78, 5) is 47.3. The monoisotopic (exact) mass is 373 g/mol. The van der Waals surface area contributed by atoms with Gasteiger partial charge in [0.05, 0.1) is 17.8 Å². The number of nitro groups is 1. The smallest absolute Gasteiger partial charge is 0.317 e. The van der Waals surface area contributed by atoms with Gasteiger partial charge in [-0.15, -0.1) is 0 Å². The Kier molecular flexibility index (Phi) is 6.59. The molecule has 8 nitrogen and oxygen atoms in total. The predicted octanol–water partition coefficient (Wildman–Crippen LogP) is 3.31. The molecule has 1 aromatic heterocycles. The van der Waals surface area contributed by atoms with Crippen molar-refractivity contribution in [3.8, 4) is 0 Å². The molecule has 2 rings (SSSR count). The van der Waals surface area contributed by atoms with Gasteiger partial charge in [-0.1, -0.05) is 12.1 Å². The number of rotatable bonds is 9. The fraction of sp³-hybridized carbons (Fsp3) is 0.316. The molecule has 0 bridgehead atoms. The van der Waals surface area contributed by atoms with Crippen LogP contribution in [0, 0.1) is 16.0 Å². The molecule has 0 spiro atoms. The van der Waals surface area contributed by atoms with Crippen LogP contribution in [0.5, 0.6) is 0 Å². The molecule has 2 atom stereocenters. The van der Waals surface area contributed by atoms with Crippen molar-refractivity contribution < 1.29 is 28.5 Å². The van der Waals surface area contributed by atoms with Gasteiger partial charge in [0.1, 0.15) is 11.7 Å². The lowest BCUT2D eigenvalue weighted by Crippen LogP contribution is -2.32. The standard InChI is InChI=1S/C19H19NO7/c1-3-26-19(23)18(12(2)21)15(11-16(22)17-5-4-10-27-17)13-6-8-14(9-7-13)20(24)25/h4-10,15,18H,3,11H2,1-2H3. The van der Waals surface area contributed by atoms with Crippen molar-refractivity contribution >= 4 is 23.2 Å². The highest BCUT2D eigenvalue weighted by Crippen LogP contribution is 2.32. The molecule has 0 saturated heterocycles. The van der Waals surface area contributed by atoms with Crippen LogP contribution < -0.4 is 0 Å². The number of carbonyl (C=O) groups excluding carboxylic acids is 3. The Balaban J connectivity index is 2.42. The summed E-state index contributed by atoms with van der Waals surface area (Å²) in [5.41, 5.74) is 0.319. The molecule has 1 aromatic carbocycles. The van der Waals surface area contributed by atoms with Crippen LogP contribution in [0.2, 0.25) is 0 Å². The minimum atomic E-state index is -1.20. The average molecular weight is 373 g/mol. The van der Waals surface area contributed by atoms with E-state index in [0.717, 1.165) is 0 Å². The second-order valence-electron chi connectivity index (χ2n) is 5.90. The maximum atomic E-state index is 12.5. The van der Waals surface area contributed by atoms with Crippen LogP contribution >= 0.6 is 0 Å². The number of hydrogen-bond acceptors (Lipinski definition) is 7. The summed E-state index contributed by atoms with van der Waals surface area (Å²) in [6, 6.07) is 8.45.